The molecule has 0 aliphatic heterocycles. The number of nitrogens with zero attached hydrogens (tertiary/aromatic N) is 3. The second-order valence-corrected chi connectivity index (χ2v) is 17.0. The summed E-state index contributed by atoms with van der Waals surface area (Å²) in [6.07, 6.45) is 24.6. The number of aliphatic imine (C=N–C) groups is 2. The number of aromatic nitrogens is 1. The quantitative estimate of drug-likeness (QED) is 0.0411. The molecule has 1 aromatic heterocycles. The van der Waals surface area contributed by atoms with Crippen LogP contribution in [0.3, 0.4) is 0 Å². The molecule has 1 heterocycles. The molecule has 61 heavy (non-hydrogen) atoms. The third-order valence-electron chi connectivity index (χ3n) is 11.7. The second kappa shape index (κ2) is 27.6. The molecule has 0 aliphatic rings. The topological polar surface area (TPSA) is 46.8 Å². The molecule has 0 amide bonds. The number of hydrogen-bond acceptors (Lipinski definition) is 4. The summed E-state index contributed by atoms with van der Waals surface area (Å²) >= 11 is 0. The van der Waals surface area contributed by atoms with Gasteiger partial charge in [-0.15, -0.1) is 0 Å². The summed E-state index contributed by atoms with van der Waals surface area (Å²) < 4.78 is 6.79. The Balaban J connectivity index is 0.00000819. The summed E-state index contributed by atoms with van der Waals surface area (Å²) in [5.41, 5.74) is 13.2. The molecule has 0 bridgehead atoms. The van der Waals surface area contributed by atoms with Crippen molar-refractivity contribution in [3.05, 3.63) is 131 Å². The van der Waals surface area contributed by atoms with Crippen LogP contribution in [0, 0.1) is 20.8 Å². The van der Waals surface area contributed by atoms with Crippen LogP contribution < -0.4 is 4.74 Å². The van der Waals surface area contributed by atoms with Gasteiger partial charge in [0.05, 0.1) is 40.8 Å². The molecule has 5 aromatic rings. The Morgan fingerprint density at radius 2 is 0.902 bits per heavy atom. The van der Waals surface area contributed by atoms with Gasteiger partial charge in [-0.05, 0) is 87.6 Å². The molecule has 0 spiro atoms. The van der Waals surface area contributed by atoms with Crippen molar-refractivity contribution in [3.63, 3.8) is 0 Å². The number of benzene rings is 4. The van der Waals surface area contributed by atoms with Crippen molar-refractivity contribution >= 4 is 22.8 Å². The van der Waals surface area contributed by atoms with Crippen molar-refractivity contribution in [2.45, 2.75) is 157 Å². The summed E-state index contributed by atoms with van der Waals surface area (Å²) in [6, 6.07) is 36.0. The van der Waals surface area contributed by atoms with Crippen LogP contribution in [0.1, 0.15) is 164 Å². The van der Waals surface area contributed by atoms with E-state index in [0.29, 0.717) is 6.61 Å². The average molecular weight is 863 g/mol. The minimum Gasteiger partial charge on any atom is -0.492 e. The second-order valence-electron chi connectivity index (χ2n) is 17.0. The standard InChI is InChI=1S/C56H73N3O.Co/c1-7-8-9-10-11-12-13-14-15-16-17-18-19-20-21-22-23-30-38-60-56-51(48-32-26-24-27-33-48)41-50(42-52(56)49-34-28-25-29-35-49)57-46(5)53-36-31-37-54(59-53)47(6)58-55-44(3)39-43(2)40-45(55)4;/h24-29,31-37,39-42H,7-23,30,38H2,1-6H3;. The fourth-order valence-corrected chi connectivity index (χ4v) is 8.34. The minimum absolute atomic E-state index is 0. The fourth-order valence-electron chi connectivity index (χ4n) is 8.34. The molecule has 5 rings (SSSR count). The number of aryl methyl sites for hydroxylation is 3. The van der Waals surface area contributed by atoms with E-state index in [0.717, 1.165) is 68.6 Å². The smallest absolute Gasteiger partial charge is 0.135 e. The van der Waals surface area contributed by atoms with Crippen LogP contribution in [0.5, 0.6) is 5.75 Å². The Kier molecular flexibility index (Phi) is 22.3. The molecule has 0 saturated heterocycles. The largest absolute Gasteiger partial charge is 0.492 e. The maximum absolute atomic E-state index is 6.79. The number of pyridine rings is 1. The zero-order chi connectivity index (χ0) is 42.4. The predicted molar refractivity (Wildman–Crippen MR) is 260 cm³/mol. The molecule has 1 radical (unpaired) electrons. The van der Waals surface area contributed by atoms with Crippen LogP contribution in [-0.2, 0) is 16.8 Å². The van der Waals surface area contributed by atoms with Gasteiger partial charge < -0.3 is 4.74 Å². The molecule has 0 fully saturated rings. The maximum Gasteiger partial charge on any atom is 0.135 e. The van der Waals surface area contributed by atoms with Gasteiger partial charge >= 0.3 is 0 Å². The first kappa shape index (κ1) is 49.3. The van der Waals surface area contributed by atoms with Gasteiger partial charge in [0.25, 0.3) is 0 Å². The molecule has 4 aromatic carbocycles. The van der Waals surface area contributed by atoms with E-state index >= 15 is 0 Å². The van der Waals surface area contributed by atoms with E-state index in [2.05, 4.69) is 113 Å². The number of ether oxygens (including phenoxy) is 1. The van der Waals surface area contributed by atoms with Gasteiger partial charge in [0, 0.05) is 27.9 Å². The number of unbranched alkanes of at least 4 members (excludes halogenated alkanes) is 17. The average Bonchev–Trinajstić information content (AvgIpc) is 3.26. The predicted octanol–water partition coefficient (Wildman–Crippen LogP) is 17.0. The Morgan fingerprint density at radius 3 is 1.34 bits per heavy atom. The van der Waals surface area contributed by atoms with E-state index in [9.17, 15) is 0 Å². The summed E-state index contributed by atoms with van der Waals surface area (Å²) in [6.45, 7) is 13.4. The molecular weight excluding hydrogens is 790 g/mol. The van der Waals surface area contributed by atoms with E-state index < -0.39 is 0 Å². The minimum atomic E-state index is 0. The van der Waals surface area contributed by atoms with Crippen molar-refractivity contribution in [2.75, 3.05) is 6.61 Å². The van der Waals surface area contributed by atoms with Gasteiger partial charge in [0.15, 0.2) is 0 Å². The Morgan fingerprint density at radius 1 is 0.492 bits per heavy atom. The first-order valence-corrected chi connectivity index (χ1v) is 23.4. The Hall–Kier alpha value is -4.32. The Labute approximate surface area is 380 Å². The molecule has 5 heteroatoms. The third kappa shape index (κ3) is 16.5. The fraction of sp³-hybridized carbons (Fsp3) is 0.446. The van der Waals surface area contributed by atoms with Crippen LogP contribution in [0.4, 0.5) is 11.4 Å². The third-order valence-corrected chi connectivity index (χ3v) is 11.7. The van der Waals surface area contributed by atoms with Crippen LogP contribution in [0.15, 0.2) is 113 Å². The SMILES string of the molecule is CCCCCCCCCCCCCCCCCCCCOc1c(-c2ccccc2)cc(N=C(C)c2cccc(C(C)=Nc3c(C)cc(C)cc3C)n2)cc1-c1ccccc1.[Co]. The first-order valence-electron chi connectivity index (χ1n) is 23.4. The monoisotopic (exact) mass is 863 g/mol. The van der Waals surface area contributed by atoms with Crippen molar-refractivity contribution < 1.29 is 21.5 Å². The van der Waals surface area contributed by atoms with E-state index in [4.69, 9.17) is 19.7 Å². The molecule has 0 aliphatic carbocycles. The van der Waals surface area contributed by atoms with Crippen molar-refractivity contribution in [2.24, 2.45) is 9.98 Å². The van der Waals surface area contributed by atoms with Gasteiger partial charge in [0.1, 0.15) is 5.75 Å². The van der Waals surface area contributed by atoms with Crippen LogP contribution in [0.2, 0.25) is 0 Å². The van der Waals surface area contributed by atoms with Gasteiger partial charge in [-0.2, -0.15) is 0 Å². The van der Waals surface area contributed by atoms with Crippen LogP contribution >= 0.6 is 0 Å². The van der Waals surface area contributed by atoms with Gasteiger partial charge in [-0.1, -0.05) is 201 Å². The van der Waals surface area contributed by atoms with Crippen molar-refractivity contribution in [3.8, 4) is 28.0 Å². The molecule has 0 saturated carbocycles. The van der Waals surface area contributed by atoms with E-state index in [1.54, 1.807) is 0 Å². The maximum atomic E-state index is 6.79. The zero-order valence-corrected chi connectivity index (χ0v) is 39.4. The molecular formula is C56H73CoN3O. The van der Waals surface area contributed by atoms with Crippen LogP contribution in [-0.4, -0.2) is 23.0 Å². The zero-order valence-electron chi connectivity index (χ0n) is 38.3. The van der Waals surface area contributed by atoms with Crippen molar-refractivity contribution in [1.29, 1.82) is 0 Å². The van der Waals surface area contributed by atoms with Gasteiger partial charge in [-0.3, -0.25) is 9.98 Å². The van der Waals surface area contributed by atoms with E-state index in [-0.39, 0.29) is 16.8 Å². The molecule has 327 valence electrons. The molecule has 4 nitrogen and oxygen atoms in total. The van der Waals surface area contributed by atoms with Crippen molar-refractivity contribution in [1.82, 2.24) is 4.98 Å². The van der Waals surface area contributed by atoms with Crippen LogP contribution in [0.25, 0.3) is 22.3 Å². The summed E-state index contributed by atoms with van der Waals surface area (Å²) in [7, 11) is 0. The summed E-state index contributed by atoms with van der Waals surface area (Å²) in [4.78, 5) is 15.3. The summed E-state index contributed by atoms with van der Waals surface area (Å²) in [5.74, 6) is 0.921. The van der Waals surface area contributed by atoms with Gasteiger partial charge in [0.2, 0.25) is 0 Å². The molecule has 0 N–H and O–H groups in total. The molecule has 0 unspecified atom stereocenters. The number of hydrogen-bond donors (Lipinski definition) is 0. The normalized spacial score (nSPS) is 11.8. The number of rotatable bonds is 26. The van der Waals surface area contributed by atoms with E-state index in [1.165, 1.54) is 126 Å². The Bertz CT molecular complexity index is 2000. The molecule has 0 atom stereocenters. The van der Waals surface area contributed by atoms with E-state index in [1.807, 2.05) is 32.0 Å². The first-order chi connectivity index (χ1) is 29.3. The summed E-state index contributed by atoms with van der Waals surface area (Å²) in [5, 5.41) is 0. The van der Waals surface area contributed by atoms with Gasteiger partial charge in [-0.25, -0.2) is 4.98 Å².